The van der Waals surface area contributed by atoms with E-state index in [0.29, 0.717) is 0 Å². The Hall–Kier alpha value is -0.0400. The van der Waals surface area contributed by atoms with Gasteiger partial charge < -0.3 is 5.11 Å². The van der Waals surface area contributed by atoms with E-state index in [9.17, 15) is 5.11 Å². The SMILES string of the molecule is CCCC(CC)CCCC(O)CC. The molecule has 0 rings (SSSR count). The number of hydrogen-bond acceptors (Lipinski definition) is 1. The summed E-state index contributed by atoms with van der Waals surface area (Å²) >= 11 is 0. The van der Waals surface area contributed by atoms with Gasteiger partial charge in [-0.2, -0.15) is 0 Å². The van der Waals surface area contributed by atoms with Crippen LogP contribution in [0.15, 0.2) is 0 Å². The molecule has 0 saturated carbocycles. The highest BCUT2D eigenvalue weighted by molar-refractivity contribution is 4.59. The van der Waals surface area contributed by atoms with Crippen LogP contribution in [-0.2, 0) is 0 Å². The fourth-order valence-corrected chi connectivity index (χ4v) is 1.81. The van der Waals surface area contributed by atoms with Gasteiger partial charge in [-0.1, -0.05) is 52.9 Å². The predicted octanol–water partition coefficient (Wildman–Crippen LogP) is 3.75. The van der Waals surface area contributed by atoms with E-state index < -0.39 is 0 Å². The molecule has 0 aromatic carbocycles. The molecule has 2 atom stereocenters. The van der Waals surface area contributed by atoms with Gasteiger partial charge in [0.2, 0.25) is 0 Å². The van der Waals surface area contributed by atoms with Gasteiger partial charge in [-0.05, 0) is 18.8 Å². The molecule has 2 unspecified atom stereocenters. The zero-order valence-electron chi connectivity index (χ0n) is 9.55. The maximum Gasteiger partial charge on any atom is 0.0537 e. The molecule has 0 radical (unpaired) electrons. The highest BCUT2D eigenvalue weighted by Crippen LogP contribution is 2.19. The minimum atomic E-state index is -0.0564. The molecule has 0 bridgehead atoms. The quantitative estimate of drug-likeness (QED) is 0.612. The zero-order chi connectivity index (χ0) is 10.1. The summed E-state index contributed by atoms with van der Waals surface area (Å²) in [6.45, 7) is 6.58. The van der Waals surface area contributed by atoms with Crippen LogP contribution in [0.2, 0.25) is 0 Å². The van der Waals surface area contributed by atoms with Crippen LogP contribution in [0.5, 0.6) is 0 Å². The first kappa shape index (κ1) is 13.0. The van der Waals surface area contributed by atoms with Crippen molar-refractivity contribution in [2.45, 2.75) is 71.8 Å². The van der Waals surface area contributed by atoms with Crippen molar-refractivity contribution in [2.75, 3.05) is 0 Å². The van der Waals surface area contributed by atoms with Crippen LogP contribution < -0.4 is 0 Å². The predicted molar refractivity (Wildman–Crippen MR) is 58.8 cm³/mol. The molecule has 1 heteroatoms. The van der Waals surface area contributed by atoms with E-state index in [2.05, 4.69) is 13.8 Å². The molecule has 80 valence electrons. The van der Waals surface area contributed by atoms with Crippen LogP contribution in [0, 0.1) is 5.92 Å². The molecular formula is C12H26O. The highest BCUT2D eigenvalue weighted by atomic mass is 16.3. The molecule has 0 saturated heterocycles. The maximum atomic E-state index is 9.37. The molecule has 0 aliphatic heterocycles. The summed E-state index contributed by atoms with van der Waals surface area (Å²) in [4.78, 5) is 0. The van der Waals surface area contributed by atoms with Crippen molar-refractivity contribution in [3.05, 3.63) is 0 Å². The minimum Gasteiger partial charge on any atom is -0.393 e. The molecule has 0 aliphatic rings. The van der Waals surface area contributed by atoms with Crippen LogP contribution in [0.25, 0.3) is 0 Å². The molecule has 0 aromatic rings. The van der Waals surface area contributed by atoms with Gasteiger partial charge in [-0.3, -0.25) is 0 Å². The van der Waals surface area contributed by atoms with E-state index in [1.807, 2.05) is 6.92 Å². The lowest BCUT2D eigenvalue weighted by atomic mass is 9.93. The Morgan fingerprint density at radius 2 is 1.62 bits per heavy atom. The van der Waals surface area contributed by atoms with Gasteiger partial charge in [-0.15, -0.1) is 0 Å². The third-order valence-electron chi connectivity index (χ3n) is 2.90. The highest BCUT2D eigenvalue weighted by Gasteiger charge is 2.06. The van der Waals surface area contributed by atoms with Crippen molar-refractivity contribution in [3.63, 3.8) is 0 Å². The molecule has 0 aliphatic carbocycles. The molecule has 0 fully saturated rings. The summed E-state index contributed by atoms with van der Waals surface area (Å²) in [5.74, 6) is 0.897. The second-order valence-corrected chi connectivity index (χ2v) is 4.06. The molecule has 1 N–H and O–H groups in total. The van der Waals surface area contributed by atoms with E-state index in [0.717, 1.165) is 18.8 Å². The summed E-state index contributed by atoms with van der Waals surface area (Å²) in [5, 5.41) is 9.37. The standard InChI is InChI=1S/C12H26O/c1-4-8-11(5-2)9-7-10-12(13)6-3/h11-13H,4-10H2,1-3H3. The lowest BCUT2D eigenvalue weighted by molar-refractivity contribution is 0.154. The Balaban J connectivity index is 3.37. The third kappa shape index (κ3) is 7.06. The topological polar surface area (TPSA) is 20.2 Å². The smallest absolute Gasteiger partial charge is 0.0537 e. The first-order valence-corrected chi connectivity index (χ1v) is 5.92. The zero-order valence-corrected chi connectivity index (χ0v) is 9.55. The van der Waals surface area contributed by atoms with Gasteiger partial charge in [0.15, 0.2) is 0 Å². The van der Waals surface area contributed by atoms with Crippen molar-refractivity contribution in [1.29, 1.82) is 0 Å². The first-order valence-electron chi connectivity index (χ1n) is 5.92. The average Bonchev–Trinajstić information content (AvgIpc) is 2.16. The average molecular weight is 186 g/mol. The Morgan fingerprint density at radius 3 is 2.08 bits per heavy atom. The molecule has 13 heavy (non-hydrogen) atoms. The minimum absolute atomic E-state index is 0.0564. The second kappa shape index (κ2) is 8.55. The Morgan fingerprint density at radius 1 is 0.923 bits per heavy atom. The summed E-state index contributed by atoms with van der Waals surface area (Å²) in [6, 6.07) is 0. The van der Waals surface area contributed by atoms with Crippen molar-refractivity contribution < 1.29 is 5.11 Å². The fourth-order valence-electron chi connectivity index (χ4n) is 1.81. The monoisotopic (exact) mass is 186 g/mol. The summed E-state index contributed by atoms with van der Waals surface area (Å²) < 4.78 is 0. The van der Waals surface area contributed by atoms with Crippen molar-refractivity contribution in [3.8, 4) is 0 Å². The molecule has 0 amide bonds. The van der Waals surface area contributed by atoms with Crippen molar-refractivity contribution in [2.24, 2.45) is 5.92 Å². The number of aliphatic hydroxyl groups excluding tert-OH is 1. The Labute approximate surface area is 83.5 Å². The normalized spacial score (nSPS) is 15.7. The first-order chi connectivity index (χ1) is 6.24. The van der Waals surface area contributed by atoms with Crippen LogP contribution in [0.4, 0.5) is 0 Å². The van der Waals surface area contributed by atoms with Gasteiger partial charge in [0.1, 0.15) is 0 Å². The summed E-state index contributed by atoms with van der Waals surface area (Å²) in [6.07, 6.45) is 8.32. The summed E-state index contributed by atoms with van der Waals surface area (Å²) in [5.41, 5.74) is 0. The third-order valence-corrected chi connectivity index (χ3v) is 2.90. The second-order valence-electron chi connectivity index (χ2n) is 4.06. The van der Waals surface area contributed by atoms with Gasteiger partial charge in [0.05, 0.1) is 6.10 Å². The fraction of sp³-hybridized carbons (Fsp3) is 1.00. The van der Waals surface area contributed by atoms with Crippen LogP contribution >= 0.6 is 0 Å². The van der Waals surface area contributed by atoms with Crippen molar-refractivity contribution >= 4 is 0 Å². The number of aliphatic hydroxyl groups is 1. The largest absolute Gasteiger partial charge is 0.393 e. The molecule has 0 aromatic heterocycles. The van der Waals surface area contributed by atoms with Gasteiger partial charge in [0.25, 0.3) is 0 Å². The van der Waals surface area contributed by atoms with Crippen LogP contribution in [0.3, 0.4) is 0 Å². The Bertz CT molecular complexity index is 101. The number of hydrogen-bond donors (Lipinski definition) is 1. The maximum absolute atomic E-state index is 9.37. The molecule has 1 nitrogen and oxygen atoms in total. The molecule has 0 heterocycles. The van der Waals surface area contributed by atoms with Gasteiger partial charge >= 0.3 is 0 Å². The van der Waals surface area contributed by atoms with Crippen LogP contribution in [0.1, 0.15) is 65.7 Å². The lowest BCUT2D eigenvalue weighted by Crippen LogP contribution is -2.06. The van der Waals surface area contributed by atoms with Gasteiger partial charge in [0, 0.05) is 0 Å². The van der Waals surface area contributed by atoms with E-state index in [1.54, 1.807) is 0 Å². The lowest BCUT2D eigenvalue weighted by Gasteiger charge is -2.14. The Kier molecular flexibility index (Phi) is 8.53. The van der Waals surface area contributed by atoms with E-state index >= 15 is 0 Å². The molecular weight excluding hydrogens is 160 g/mol. The summed E-state index contributed by atoms with van der Waals surface area (Å²) in [7, 11) is 0. The van der Waals surface area contributed by atoms with Crippen LogP contribution in [-0.4, -0.2) is 11.2 Å². The number of rotatable bonds is 8. The van der Waals surface area contributed by atoms with Gasteiger partial charge in [-0.25, -0.2) is 0 Å². The van der Waals surface area contributed by atoms with E-state index in [1.165, 1.54) is 32.1 Å². The molecule has 0 spiro atoms. The van der Waals surface area contributed by atoms with E-state index in [-0.39, 0.29) is 6.10 Å². The van der Waals surface area contributed by atoms with E-state index in [4.69, 9.17) is 0 Å². The van der Waals surface area contributed by atoms with Crippen molar-refractivity contribution in [1.82, 2.24) is 0 Å².